The molecule has 0 saturated carbocycles. The maximum Gasteiger partial charge on any atom is 0.325 e. The van der Waals surface area contributed by atoms with Crippen LogP contribution in [-0.2, 0) is 21.2 Å². The monoisotopic (exact) mass is 312 g/mol. The number of nitrogens with one attached hydrogen (secondary N) is 1. The lowest BCUT2D eigenvalue weighted by atomic mass is 10.1. The number of carbonyl (C=O) groups excluding carboxylic acids is 1. The highest BCUT2D eigenvalue weighted by Crippen LogP contribution is 2.30. The molecule has 0 bridgehead atoms. The molecule has 2 N–H and O–H groups in total. The number of rotatable bonds is 4. The third-order valence-electron chi connectivity index (χ3n) is 3.31. The standard InChI is InChI=1S/C13H16N2O5S/c1-8(13(17)18)14-12(16)10-3-4-11-9(7-10)5-6-15(11)21(2,19)20/h3-4,7-8H,5-6H2,1-2H3,(H,14,16)(H,17,18)/t8-/m0/s1. The zero-order valence-electron chi connectivity index (χ0n) is 11.7. The van der Waals surface area contributed by atoms with E-state index in [1.165, 1.54) is 17.3 Å². The van der Waals surface area contributed by atoms with E-state index in [2.05, 4.69) is 5.32 Å². The third kappa shape index (κ3) is 3.15. The molecule has 7 nitrogen and oxygen atoms in total. The first-order chi connectivity index (χ1) is 9.70. The van der Waals surface area contributed by atoms with Crippen LogP contribution >= 0.6 is 0 Å². The van der Waals surface area contributed by atoms with Crippen LogP contribution in [0.2, 0.25) is 0 Å². The van der Waals surface area contributed by atoms with E-state index in [1.54, 1.807) is 12.1 Å². The quantitative estimate of drug-likeness (QED) is 0.827. The molecule has 1 aliphatic rings. The maximum absolute atomic E-state index is 11.9. The van der Waals surface area contributed by atoms with Crippen molar-refractivity contribution in [3.05, 3.63) is 29.3 Å². The van der Waals surface area contributed by atoms with E-state index in [-0.39, 0.29) is 0 Å². The normalized spacial score (nSPS) is 15.4. The summed E-state index contributed by atoms with van der Waals surface area (Å²) in [5.41, 5.74) is 1.65. The number of carboxylic acids is 1. The van der Waals surface area contributed by atoms with Crippen LogP contribution < -0.4 is 9.62 Å². The molecule has 21 heavy (non-hydrogen) atoms. The van der Waals surface area contributed by atoms with Crippen LogP contribution in [0, 0.1) is 0 Å². The molecule has 0 fully saturated rings. The zero-order chi connectivity index (χ0) is 15.8. The molecule has 0 spiro atoms. The number of aliphatic carboxylic acids is 1. The van der Waals surface area contributed by atoms with Crippen LogP contribution in [0.4, 0.5) is 5.69 Å². The Morgan fingerprint density at radius 3 is 2.62 bits per heavy atom. The summed E-state index contributed by atoms with van der Waals surface area (Å²) >= 11 is 0. The average molecular weight is 312 g/mol. The molecule has 114 valence electrons. The Balaban J connectivity index is 2.24. The van der Waals surface area contributed by atoms with Gasteiger partial charge in [0, 0.05) is 12.1 Å². The number of fused-ring (bicyclic) bond motifs is 1. The lowest BCUT2D eigenvalue weighted by Gasteiger charge is -2.16. The maximum atomic E-state index is 11.9. The summed E-state index contributed by atoms with van der Waals surface area (Å²) in [4.78, 5) is 22.7. The lowest BCUT2D eigenvalue weighted by molar-refractivity contribution is -0.138. The van der Waals surface area contributed by atoms with Crippen molar-refractivity contribution in [1.29, 1.82) is 0 Å². The molecule has 0 aliphatic carbocycles. The Labute approximate surface area is 122 Å². The van der Waals surface area contributed by atoms with Crippen molar-refractivity contribution in [2.45, 2.75) is 19.4 Å². The number of carbonyl (C=O) groups is 2. The van der Waals surface area contributed by atoms with Crippen molar-refractivity contribution in [3.8, 4) is 0 Å². The Morgan fingerprint density at radius 1 is 1.38 bits per heavy atom. The van der Waals surface area contributed by atoms with E-state index in [4.69, 9.17) is 5.11 Å². The second kappa shape index (κ2) is 5.36. The molecule has 1 amide bonds. The van der Waals surface area contributed by atoms with Gasteiger partial charge in [-0.2, -0.15) is 0 Å². The number of nitrogens with zero attached hydrogens (tertiary/aromatic N) is 1. The number of anilines is 1. The molecule has 1 atom stereocenters. The van der Waals surface area contributed by atoms with Crippen LogP contribution in [0.5, 0.6) is 0 Å². The van der Waals surface area contributed by atoms with E-state index >= 15 is 0 Å². The fourth-order valence-corrected chi connectivity index (χ4v) is 3.16. The second-order valence-electron chi connectivity index (χ2n) is 4.96. The van der Waals surface area contributed by atoms with Gasteiger partial charge >= 0.3 is 5.97 Å². The highest BCUT2D eigenvalue weighted by atomic mass is 32.2. The van der Waals surface area contributed by atoms with Crippen LogP contribution in [0.3, 0.4) is 0 Å². The number of carboxylic acid groups (broad SMARTS) is 1. The number of hydrogen-bond donors (Lipinski definition) is 2. The predicted molar refractivity (Wildman–Crippen MR) is 76.9 cm³/mol. The van der Waals surface area contributed by atoms with Gasteiger partial charge in [0.1, 0.15) is 6.04 Å². The molecule has 0 saturated heterocycles. The predicted octanol–water partition coefficient (Wildman–Crippen LogP) is 0.212. The summed E-state index contributed by atoms with van der Waals surface area (Å²) in [5, 5.41) is 11.1. The van der Waals surface area contributed by atoms with Gasteiger partial charge < -0.3 is 10.4 Å². The van der Waals surface area contributed by atoms with Crippen molar-refractivity contribution in [2.75, 3.05) is 17.1 Å². The molecule has 0 aromatic heterocycles. The first-order valence-corrected chi connectivity index (χ1v) is 8.19. The molecule has 1 aliphatic heterocycles. The van der Waals surface area contributed by atoms with Crippen molar-refractivity contribution < 1.29 is 23.1 Å². The molecule has 8 heteroatoms. The van der Waals surface area contributed by atoms with Gasteiger partial charge in [0.05, 0.1) is 11.9 Å². The molecular weight excluding hydrogens is 296 g/mol. The SMILES string of the molecule is C[C@H](NC(=O)c1ccc2c(c1)CCN2S(C)(=O)=O)C(=O)O. The molecule has 0 unspecified atom stereocenters. The molecule has 0 radical (unpaired) electrons. The zero-order valence-corrected chi connectivity index (χ0v) is 12.5. The summed E-state index contributed by atoms with van der Waals surface area (Å²) in [5.74, 6) is -1.61. The van der Waals surface area contributed by atoms with Crippen molar-refractivity contribution in [2.24, 2.45) is 0 Å². The van der Waals surface area contributed by atoms with Crippen LogP contribution in [0.15, 0.2) is 18.2 Å². The Hall–Kier alpha value is -2.09. The summed E-state index contributed by atoms with van der Waals surface area (Å²) in [6, 6.07) is 3.68. The molecule has 1 aromatic rings. The first kappa shape index (κ1) is 15.3. The number of benzene rings is 1. The lowest BCUT2D eigenvalue weighted by Crippen LogP contribution is -2.38. The van der Waals surface area contributed by atoms with Gasteiger partial charge in [-0.15, -0.1) is 0 Å². The van der Waals surface area contributed by atoms with Crippen LogP contribution in [-0.4, -0.2) is 44.2 Å². The highest BCUT2D eigenvalue weighted by molar-refractivity contribution is 7.92. The number of amides is 1. The van der Waals surface area contributed by atoms with Gasteiger partial charge in [-0.3, -0.25) is 13.9 Å². The minimum absolute atomic E-state index is 0.317. The van der Waals surface area contributed by atoms with Crippen molar-refractivity contribution >= 4 is 27.6 Å². The first-order valence-electron chi connectivity index (χ1n) is 6.34. The Bertz CT molecular complexity index is 699. The van der Waals surface area contributed by atoms with Gasteiger partial charge in [0.15, 0.2) is 0 Å². The van der Waals surface area contributed by atoms with Gasteiger partial charge in [0.2, 0.25) is 10.0 Å². The summed E-state index contributed by atoms with van der Waals surface area (Å²) in [6.07, 6.45) is 1.66. The van der Waals surface area contributed by atoms with E-state index < -0.39 is 27.9 Å². The summed E-state index contributed by atoms with van der Waals surface area (Å²) in [7, 11) is -3.32. The minimum atomic E-state index is -3.32. The fraction of sp³-hybridized carbons (Fsp3) is 0.385. The van der Waals surface area contributed by atoms with Gasteiger partial charge in [-0.05, 0) is 37.1 Å². The van der Waals surface area contributed by atoms with Gasteiger partial charge in [0.25, 0.3) is 5.91 Å². The largest absolute Gasteiger partial charge is 0.480 e. The molecule has 1 heterocycles. The topological polar surface area (TPSA) is 104 Å². The minimum Gasteiger partial charge on any atom is -0.480 e. The van der Waals surface area contributed by atoms with Crippen molar-refractivity contribution in [1.82, 2.24) is 5.32 Å². The van der Waals surface area contributed by atoms with Gasteiger partial charge in [-0.1, -0.05) is 0 Å². The van der Waals surface area contributed by atoms with Gasteiger partial charge in [-0.25, -0.2) is 8.42 Å². The number of hydrogen-bond acceptors (Lipinski definition) is 4. The van der Waals surface area contributed by atoms with Crippen LogP contribution in [0.1, 0.15) is 22.8 Å². The second-order valence-corrected chi connectivity index (χ2v) is 6.87. The summed E-state index contributed by atoms with van der Waals surface area (Å²) in [6.45, 7) is 1.73. The van der Waals surface area contributed by atoms with E-state index in [0.717, 1.165) is 11.8 Å². The summed E-state index contributed by atoms with van der Waals surface area (Å²) < 4.78 is 24.5. The van der Waals surface area contributed by atoms with Crippen molar-refractivity contribution in [3.63, 3.8) is 0 Å². The fourth-order valence-electron chi connectivity index (χ4n) is 2.20. The smallest absolute Gasteiger partial charge is 0.325 e. The Kier molecular flexibility index (Phi) is 3.91. The van der Waals surface area contributed by atoms with Crippen LogP contribution in [0.25, 0.3) is 0 Å². The third-order valence-corrected chi connectivity index (χ3v) is 4.49. The molecule has 1 aromatic carbocycles. The van der Waals surface area contributed by atoms with E-state index in [9.17, 15) is 18.0 Å². The van der Waals surface area contributed by atoms with E-state index in [1.807, 2.05) is 0 Å². The van der Waals surface area contributed by atoms with E-state index in [0.29, 0.717) is 24.2 Å². The molecular formula is C13H16N2O5S. The Morgan fingerprint density at radius 2 is 2.05 bits per heavy atom. The number of sulfonamides is 1. The average Bonchev–Trinajstić information content (AvgIpc) is 2.80. The highest BCUT2D eigenvalue weighted by Gasteiger charge is 2.27. The molecule has 2 rings (SSSR count).